The molecule has 21 heavy (non-hydrogen) atoms. The first-order valence-electron chi connectivity index (χ1n) is 6.99. The summed E-state index contributed by atoms with van der Waals surface area (Å²) in [4.78, 5) is 16.0. The minimum atomic E-state index is -0.0612. The molecule has 3 heterocycles. The smallest absolute Gasteiger partial charge is 0.274 e. The van der Waals surface area contributed by atoms with E-state index in [2.05, 4.69) is 28.6 Å². The molecule has 1 atom stereocenters. The van der Waals surface area contributed by atoms with Crippen molar-refractivity contribution in [1.29, 1.82) is 0 Å². The Morgan fingerprint density at radius 3 is 2.95 bits per heavy atom. The summed E-state index contributed by atoms with van der Waals surface area (Å²) in [7, 11) is 1.53. The summed E-state index contributed by atoms with van der Waals surface area (Å²) in [5.74, 6) is 0.353. The van der Waals surface area contributed by atoms with E-state index in [0.29, 0.717) is 11.6 Å². The molecule has 0 saturated carbocycles. The van der Waals surface area contributed by atoms with Gasteiger partial charge in [-0.2, -0.15) is 0 Å². The molecule has 1 amide bonds. The second kappa shape index (κ2) is 5.81. The van der Waals surface area contributed by atoms with Gasteiger partial charge in [0.25, 0.3) is 5.91 Å². The van der Waals surface area contributed by atoms with E-state index in [1.165, 1.54) is 17.6 Å². The van der Waals surface area contributed by atoms with Crippen molar-refractivity contribution >= 4 is 17.2 Å². The van der Waals surface area contributed by atoms with Crippen LogP contribution in [0.2, 0.25) is 0 Å². The number of fused-ring (bicyclic) bond motifs is 1. The highest BCUT2D eigenvalue weighted by Gasteiger charge is 2.31. The van der Waals surface area contributed by atoms with Gasteiger partial charge in [-0.3, -0.25) is 4.79 Å². The minimum absolute atomic E-state index is 0.0612. The molecule has 0 aromatic carbocycles. The number of thiophene rings is 1. The summed E-state index contributed by atoms with van der Waals surface area (Å²) in [5, 5.41) is 9.96. The second-order valence-corrected chi connectivity index (χ2v) is 5.93. The first kappa shape index (κ1) is 14.0. The highest BCUT2D eigenvalue weighted by molar-refractivity contribution is 7.10. The van der Waals surface area contributed by atoms with E-state index in [-0.39, 0.29) is 11.9 Å². The maximum Gasteiger partial charge on any atom is 0.274 e. The molecule has 0 spiro atoms. The monoisotopic (exact) mass is 303 g/mol. The highest BCUT2D eigenvalue weighted by Crippen LogP contribution is 2.35. The summed E-state index contributed by atoms with van der Waals surface area (Å²) >= 11 is 1.78. The number of methoxy groups -OCH3 is 1. The first-order valence-corrected chi connectivity index (χ1v) is 7.87. The van der Waals surface area contributed by atoms with E-state index in [1.54, 1.807) is 23.5 Å². The van der Waals surface area contributed by atoms with Crippen LogP contribution >= 0.6 is 11.3 Å². The van der Waals surface area contributed by atoms with Crippen molar-refractivity contribution in [3.8, 4) is 5.88 Å². The largest absolute Gasteiger partial charge is 0.480 e. The predicted octanol–water partition coefficient (Wildman–Crippen LogP) is 2.70. The van der Waals surface area contributed by atoms with Crippen molar-refractivity contribution in [3.05, 3.63) is 39.7 Å². The van der Waals surface area contributed by atoms with E-state index >= 15 is 0 Å². The Labute approximate surface area is 127 Å². The summed E-state index contributed by atoms with van der Waals surface area (Å²) in [6.07, 6.45) is 1.82. The molecule has 0 bridgehead atoms. The number of amides is 1. The Morgan fingerprint density at radius 1 is 1.43 bits per heavy atom. The van der Waals surface area contributed by atoms with Gasteiger partial charge < -0.3 is 9.64 Å². The van der Waals surface area contributed by atoms with Crippen molar-refractivity contribution in [1.82, 2.24) is 15.1 Å². The van der Waals surface area contributed by atoms with E-state index in [4.69, 9.17) is 4.74 Å². The van der Waals surface area contributed by atoms with Crippen LogP contribution in [0.25, 0.3) is 0 Å². The Kier molecular flexibility index (Phi) is 3.88. The van der Waals surface area contributed by atoms with Crippen LogP contribution in [0.5, 0.6) is 5.88 Å². The van der Waals surface area contributed by atoms with E-state index in [9.17, 15) is 4.79 Å². The van der Waals surface area contributed by atoms with Gasteiger partial charge in [-0.1, -0.05) is 6.92 Å². The van der Waals surface area contributed by atoms with Crippen LogP contribution in [-0.4, -0.2) is 34.7 Å². The van der Waals surface area contributed by atoms with Crippen LogP contribution in [0.1, 0.15) is 40.3 Å². The SMILES string of the molecule is CCC1c2ccsc2CCN1C(=O)c1ccc(OC)nn1. The van der Waals surface area contributed by atoms with Gasteiger partial charge in [0.05, 0.1) is 13.2 Å². The molecule has 0 saturated heterocycles. The van der Waals surface area contributed by atoms with Gasteiger partial charge in [0.15, 0.2) is 5.69 Å². The topological polar surface area (TPSA) is 55.3 Å². The van der Waals surface area contributed by atoms with Gasteiger partial charge in [-0.15, -0.1) is 21.5 Å². The molecule has 1 aliphatic heterocycles. The molecular weight excluding hydrogens is 286 g/mol. The zero-order chi connectivity index (χ0) is 14.8. The average molecular weight is 303 g/mol. The van der Waals surface area contributed by atoms with Crippen LogP contribution < -0.4 is 4.74 Å². The lowest BCUT2D eigenvalue weighted by Gasteiger charge is -2.35. The molecule has 110 valence electrons. The van der Waals surface area contributed by atoms with E-state index in [0.717, 1.165) is 19.4 Å². The Morgan fingerprint density at radius 2 is 2.29 bits per heavy atom. The third-order valence-electron chi connectivity index (χ3n) is 3.81. The standard InChI is InChI=1S/C15H17N3O2S/c1-3-12-10-7-9-21-13(10)6-8-18(12)15(19)11-4-5-14(20-2)17-16-11/h4-5,7,9,12H,3,6,8H2,1-2H3. The van der Waals surface area contributed by atoms with Gasteiger partial charge in [-0.05, 0) is 35.9 Å². The van der Waals surface area contributed by atoms with Crippen LogP contribution in [0.3, 0.4) is 0 Å². The van der Waals surface area contributed by atoms with E-state index < -0.39 is 0 Å². The van der Waals surface area contributed by atoms with Gasteiger partial charge in [0.2, 0.25) is 5.88 Å². The number of carbonyl (C=O) groups is 1. The van der Waals surface area contributed by atoms with Crippen molar-refractivity contribution in [2.45, 2.75) is 25.8 Å². The van der Waals surface area contributed by atoms with Crippen molar-refractivity contribution < 1.29 is 9.53 Å². The third kappa shape index (κ3) is 2.51. The molecule has 0 fully saturated rings. The minimum Gasteiger partial charge on any atom is -0.480 e. The maximum absolute atomic E-state index is 12.7. The van der Waals surface area contributed by atoms with Gasteiger partial charge >= 0.3 is 0 Å². The maximum atomic E-state index is 12.7. The van der Waals surface area contributed by atoms with Gasteiger partial charge in [0.1, 0.15) is 0 Å². The van der Waals surface area contributed by atoms with Crippen molar-refractivity contribution in [3.63, 3.8) is 0 Å². The fourth-order valence-electron chi connectivity index (χ4n) is 2.77. The molecule has 1 unspecified atom stereocenters. The summed E-state index contributed by atoms with van der Waals surface area (Å²) < 4.78 is 4.98. The number of ether oxygens (including phenoxy) is 1. The zero-order valence-corrected chi connectivity index (χ0v) is 12.9. The lowest BCUT2D eigenvalue weighted by molar-refractivity contribution is 0.0650. The fourth-order valence-corrected chi connectivity index (χ4v) is 3.70. The predicted molar refractivity (Wildman–Crippen MR) is 80.7 cm³/mol. The molecule has 0 aliphatic carbocycles. The molecule has 0 radical (unpaired) electrons. The Bertz CT molecular complexity index is 639. The molecule has 1 aliphatic rings. The molecule has 2 aromatic heterocycles. The lowest BCUT2D eigenvalue weighted by Crippen LogP contribution is -2.39. The van der Waals surface area contributed by atoms with Crippen LogP contribution in [0, 0.1) is 0 Å². The molecular formula is C15H17N3O2S. The summed E-state index contributed by atoms with van der Waals surface area (Å²) in [6.45, 7) is 2.84. The first-order chi connectivity index (χ1) is 10.2. The van der Waals surface area contributed by atoms with Crippen LogP contribution in [-0.2, 0) is 6.42 Å². The fraction of sp³-hybridized carbons (Fsp3) is 0.400. The Balaban J connectivity index is 1.87. The van der Waals surface area contributed by atoms with Crippen LogP contribution in [0.4, 0.5) is 0 Å². The van der Waals surface area contributed by atoms with Crippen molar-refractivity contribution in [2.75, 3.05) is 13.7 Å². The number of carbonyl (C=O) groups excluding carboxylic acids is 1. The molecule has 2 aromatic rings. The highest BCUT2D eigenvalue weighted by atomic mass is 32.1. The normalized spacial score (nSPS) is 17.4. The molecule has 6 heteroatoms. The van der Waals surface area contributed by atoms with E-state index in [1.807, 2.05) is 4.90 Å². The number of hydrogen-bond donors (Lipinski definition) is 0. The molecule has 3 rings (SSSR count). The summed E-state index contributed by atoms with van der Waals surface area (Å²) in [6, 6.07) is 5.61. The lowest BCUT2D eigenvalue weighted by atomic mass is 9.97. The third-order valence-corrected chi connectivity index (χ3v) is 4.81. The van der Waals surface area contributed by atoms with Crippen molar-refractivity contribution in [2.24, 2.45) is 0 Å². The number of rotatable bonds is 3. The zero-order valence-electron chi connectivity index (χ0n) is 12.1. The Hall–Kier alpha value is -1.95. The van der Waals surface area contributed by atoms with Gasteiger partial charge in [0, 0.05) is 17.5 Å². The second-order valence-electron chi connectivity index (χ2n) is 4.93. The number of nitrogens with zero attached hydrogens (tertiary/aromatic N) is 3. The number of aromatic nitrogens is 2. The average Bonchev–Trinajstić information content (AvgIpc) is 3.02. The summed E-state index contributed by atoms with van der Waals surface area (Å²) in [5.41, 5.74) is 1.65. The number of hydrogen-bond acceptors (Lipinski definition) is 5. The van der Waals surface area contributed by atoms with Crippen LogP contribution in [0.15, 0.2) is 23.6 Å². The molecule has 0 N–H and O–H groups in total. The van der Waals surface area contributed by atoms with Gasteiger partial charge in [-0.25, -0.2) is 0 Å². The molecule has 5 nitrogen and oxygen atoms in total. The quantitative estimate of drug-likeness (QED) is 0.875.